The predicted octanol–water partition coefficient (Wildman–Crippen LogP) is 6.31. The number of rotatable bonds is 2. The van der Waals surface area contributed by atoms with Crippen molar-refractivity contribution in [2.75, 3.05) is 0 Å². The van der Waals surface area contributed by atoms with Crippen LogP contribution in [0.15, 0.2) is 36.4 Å². The highest BCUT2D eigenvalue weighted by atomic mass is 35.5. The maximum absolute atomic E-state index is 13.7. The predicted molar refractivity (Wildman–Crippen MR) is 67.9 cm³/mol. The van der Waals surface area contributed by atoms with Crippen molar-refractivity contribution in [3.8, 4) is 11.5 Å². The maximum Gasteiger partial charge on any atom is 0.416 e. The minimum Gasteiger partial charge on any atom is -0.453 e. The van der Waals surface area contributed by atoms with E-state index in [9.17, 15) is 30.7 Å². The van der Waals surface area contributed by atoms with E-state index in [-0.39, 0.29) is 6.07 Å². The first-order valence-corrected chi connectivity index (χ1v) is 6.27. The first kappa shape index (κ1) is 17.4. The van der Waals surface area contributed by atoms with Crippen molar-refractivity contribution in [2.45, 2.75) is 12.4 Å². The molecule has 0 unspecified atom stereocenters. The Bertz CT molecular complexity index is 699. The summed E-state index contributed by atoms with van der Waals surface area (Å²) < 4.78 is 93.8. The van der Waals surface area contributed by atoms with Gasteiger partial charge in [0, 0.05) is 0 Å². The molecule has 0 spiro atoms. The van der Waals surface area contributed by atoms with Crippen LogP contribution < -0.4 is 4.74 Å². The first-order chi connectivity index (χ1) is 10.5. The van der Waals surface area contributed by atoms with Gasteiger partial charge in [-0.1, -0.05) is 17.7 Å². The van der Waals surface area contributed by atoms with Crippen molar-refractivity contribution in [1.82, 2.24) is 0 Å². The Kier molecular flexibility index (Phi) is 4.48. The largest absolute Gasteiger partial charge is 0.453 e. The third kappa shape index (κ3) is 4.07. The zero-order valence-electron chi connectivity index (χ0n) is 10.9. The van der Waals surface area contributed by atoms with Gasteiger partial charge in [-0.05, 0) is 30.3 Å². The van der Waals surface area contributed by atoms with Crippen LogP contribution in [-0.4, -0.2) is 0 Å². The number of ether oxygens (including phenoxy) is 1. The van der Waals surface area contributed by atoms with Gasteiger partial charge in [-0.15, -0.1) is 0 Å². The van der Waals surface area contributed by atoms with Crippen LogP contribution in [0.2, 0.25) is 5.02 Å². The van der Waals surface area contributed by atoms with E-state index in [1.54, 1.807) is 0 Å². The molecule has 0 amide bonds. The first-order valence-electron chi connectivity index (χ1n) is 5.90. The number of halogens is 8. The molecule has 0 saturated heterocycles. The Balaban J connectivity index is 2.38. The average Bonchev–Trinajstić information content (AvgIpc) is 2.41. The molecule has 124 valence electrons. The molecule has 1 nitrogen and oxygen atoms in total. The third-order valence-electron chi connectivity index (χ3n) is 2.71. The second kappa shape index (κ2) is 5.92. The fourth-order valence-corrected chi connectivity index (χ4v) is 1.92. The lowest BCUT2D eigenvalue weighted by atomic mass is 10.2. The summed E-state index contributed by atoms with van der Waals surface area (Å²) >= 11 is 5.53. The van der Waals surface area contributed by atoms with E-state index in [4.69, 9.17) is 16.3 Å². The van der Waals surface area contributed by atoms with Crippen LogP contribution in [0.4, 0.5) is 30.7 Å². The monoisotopic (exact) mass is 358 g/mol. The van der Waals surface area contributed by atoms with Gasteiger partial charge in [-0.3, -0.25) is 0 Å². The van der Waals surface area contributed by atoms with Crippen molar-refractivity contribution in [3.05, 3.63) is 58.4 Å². The van der Waals surface area contributed by atoms with Gasteiger partial charge in [-0.2, -0.15) is 26.3 Å². The van der Waals surface area contributed by atoms with E-state index in [0.29, 0.717) is 12.1 Å². The molecular weight excluding hydrogens is 353 g/mol. The third-order valence-corrected chi connectivity index (χ3v) is 2.99. The second-order valence-corrected chi connectivity index (χ2v) is 4.80. The van der Waals surface area contributed by atoms with Crippen LogP contribution in [0.25, 0.3) is 0 Å². The molecule has 9 heteroatoms. The lowest BCUT2D eigenvalue weighted by Crippen LogP contribution is -2.06. The minimum absolute atomic E-state index is 0.148. The maximum atomic E-state index is 13.7. The molecule has 2 rings (SSSR count). The molecule has 0 N–H and O–H groups in total. The van der Waals surface area contributed by atoms with Crippen molar-refractivity contribution in [3.63, 3.8) is 0 Å². The minimum atomic E-state index is -4.82. The number of benzene rings is 2. The van der Waals surface area contributed by atoms with Crippen LogP contribution >= 0.6 is 11.6 Å². The van der Waals surface area contributed by atoms with Gasteiger partial charge in [0.2, 0.25) is 0 Å². The summed E-state index contributed by atoms with van der Waals surface area (Å²) in [6, 6.07) is 4.00. The van der Waals surface area contributed by atoms with Gasteiger partial charge >= 0.3 is 12.4 Å². The molecule has 0 aliphatic rings. The van der Waals surface area contributed by atoms with Crippen LogP contribution in [-0.2, 0) is 12.4 Å². The average molecular weight is 359 g/mol. The highest BCUT2D eigenvalue weighted by Crippen LogP contribution is 2.39. The van der Waals surface area contributed by atoms with Crippen LogP contribution in [0.3, 0.4) is 0 Å². The van der Waals surface area contributed by atoms with E-state index in [2.05, 4.69) is 0 Å². The molecule has 0 heterocycles. The molecule has 0 radical (unpaired) electrons. The Morgan fingerprint density at radius 1 is 0.826 bits per heavy atom. The van der Waals surface area contributed by atoms with E-state index in [0.717, 1.165) is 18.2 Å². The van der Waals surface area contributed by atoms with Crippen molar-refractivity contribution in [2.24, 2.45) is 0 Å². The van der Waals surface area contributed by atoms with Crippen LogP contribution in [0.5, 0.6) is 11.5 Å². The number of hydrogen-bond donors (Lipinski definition) is 0. The summed E-state index contributed by atoms with van der Waals surface area (Å²) in [6.07, 6.45) is -9.47. The lowest BCUT2D eigenvalue weighted by molar-refractivity contribution is -0.138. The van der Waals surface area contributed by atoms with Gasteiger partial charge < -0.3 is 4.74 Å². The molecule has 2 aromatic carbocycles. The Hall–Kier alpha value is -1.96. The Labute approximate surface area is 130 Å². The quantitative estimate of drug-likeness (QED) is 0.572. The van der Waals surface area contributed by atoms with Gasteiger partial charge in [-0.25, -0.2) is 4.39 Å². The molecule has 0 aromatic heterocycles. The van der Waals surface area contributed by atoms with Gasteiger partial charge in [0.15, 0.2) is 11.6 Å². The van der Waals surface area contributed by atoms with Crippen LogP contribution in [0.1, 0.15) is 11.1 Å². The fraction of sp³-hybridized carbons (Fsp3) is 0.143. The highest BCUT2D eigenvalue weighted by Gasteiger charge is 2.33. The molecule has 0 aliphatic carbocycles. The summed E-state index contributed by atoms with van der Waals surface area (Å²) in [4.78, 5) is 0. The molecule has 23 heavy (non-hydrogen) atoms. The van der Waals surface area contributed by atoms with Crippen molar-refractivity contribution in [1.29, 1.82) is 0 Å². The van der Waals surface area contributed by atoms with Gasteiger partial charge in [0.05, 0.1) is 16.1 Å². The molecule has 0 bridgehead atoms. The van der Waals surface area contributed by atoms with Crippen molar-refractivity contribution < 1.29 is 35.5 Å². The Morgan fingerprint density at radius 2 is 1.43 bits per heavy atom. The summed E-state index contributed by atoms with van der Waals surface area (Å²) in [6.45, 7) is 0. The molecule has 0 atom stereocenters. The molecule has 2 aromatic rings. The Morgan fingerprint density at radius 3 is 1.96 bits per heavy atom. The van der Waals surface area contributed by atoms with E-state index in [1.165, 1.54) is 0 Å². The van der Waals surface area contributed by atoms with Crippen LogP contribution in [0, 0.1) is 5.82 Å². The van der Waals surface area contributed by atoms with E-state index < -0.39 is 45.8 Å². The topological polar surface area (TPSA) is 9.23 Å². The standard InChI is InChI=1S/C14H6ClF7O/c15-10-5-8(14(20,21)22)6-11(16)12(10)23-9-3-1-2-7(4-9)13(17,18)19/h1-6H. The van der Waals surface area contributed by atoms with E-state index in [1.807, 2.05) is 0 Å². The number of alkyl halides is 6. The summed E-state index contributed by atoms with van der Waals surface area (Å²) in [5, 5.41) is -0.713. The molecular formula is C14H6ClF7O. The zero-order chi connectivity index (χ0) is 17.4. The smallest absolute Gasteiger partial charge is 0.416 e. The number of hydrogen-bond acceptors (Lipinski definition) is 1. The second-order valence-electron chi connectivity index (χ2n) is 4.39. The summed E-state index contributed by atoms with van der Waals surface area (Å²) in [7, 11) is 0. The fourth-order valence-electron chi connectivity index (χ4n) is 1.67. The van der Waals surface area contributed by atoms with Crippen molar-refractivity contribution >= 4 is 11.6 Å². The lowest BCUT2D eigenvalue weighted by Gasteiger charge is -2.13. The molecule has 0 fully saturated rings. The zero-order valence-corrected chi connectivity index (χ0v) is 11.7. The molecule has 0 aliphatic heterocycles. The summed E-state index contributed by atoms with van der Waals surface area (Å²) in [5.74, 6) is -2.65. The van der Waals surface area contributed by atoms with Gasteiger partial charge in [0.25, 0.3) is 0 Å². The highest BCUT2D eigenvalue weighted by molar-refractivity contribution is 6.32. The SMILES string of the molecule is Fc1cc(C(F)(F)F)cc(Cl)c1Oc1cccc(C(F)(F)F)c1. The van der Waals surface area contributed by atoms with E-state index >= 15 is 0 Å². The summed E-state index contributed by atoms with van der Waals surface area (Å²) in [5.41, 5.74) is -2.39. The normalized spacial score (nSPS) is 12.3. The molecule has 0 saturated carbocycles. The van der Waals surface area contributed by atoms with Gasteiger partial charge in [0.1, 0.15) is 5.75 Å².